The highest BCUT2D eigenvalue weighted by atomic mass is 16.5. The molecule has 4 fully saturated rings. The zero-order valence-corrected chi connectivity index (χ0v) is 14.6. The van der Waals surface area contributed by atoms with Gasteiger partial charge in [0.1, 0.15) is 0 Å². The maximum atomic E-state index is 11.7. The van der Waals surface area contributed by atoms with Gasteiger partial charge >= 0.3 is 0 Å². The Morgan fingerprint density at radius 3 is 2.43 bits per heavy atom. The molecule has 0 aromatic rings. The molecule has 4 heteroatoms. The summed E-state index contributed by atoms with van der Waals surface area (Å²) in [5, 5.41) is 31.4. The fourth-order valence-corrected chi connectivity index (χ4v) is 7.41. The van der Waals surface area contributed by atoms with Crippen molar-refractivity contribution in [3.8, 4) is 0 Å². The minimum Gasteiger partial charge on any atom is -0.393 e. The lowest BCUT2D eigenvalue weighted by Gasteiger charge is -2.63. The molecule has 0 spiro atoms. The van der Waals surface area contributed by atoms with E-state index in [1.165, 1.54) is 0 Å². The summed E-state index contributed by atoms with van der Waals surface area (Å²) in [4.78, 5) is 0. The second-order valence-corrected chi connectivity index (χ2v) is 9.52. The van der Waals surface area contributed by atoms with Crippen molar-refractivity contribution in [1.82, 2.24) is 5.48 Å². The quantitative estimate of drug-likeness (QED) is 0.560. The molecule has 4 saturated carbocycles. The first-order valence-corrected chi connectivity index (χ1v) is 9.65. The van der Waals surface area contributed by atoms with E-state index < -0.39 is 5.60 Å². The van der Waals surface area contributed by atoms with Crippen LogP contribution in [-0.4, -0.2) is 33.2 Å². The van der Waals surface area contributed by atoms with Crippen molar-refractivity contribution in [3.05, 3.63) is 0 Å². The van der Waals surface area contributed by atoms with E-state index in [1.54, 1.807) is 0 Å². The van der Waals surface area contributed by atoms with Crippen LogP contribution < -0.4 is 5.48 Å². The van der Waals surface area contributed by atoms with E-state index in [0.717, 1.165) is 57.8 Å². The zero-order valence-electron chi connectivity index (χ0n) is 14.6. The number of hydrogen-bond acceptors (Lipinski definition) is 4. The van der Waals surface area contributed by atoms with Crippen molar-refractivity contribution in [1.29, 1.82) is 0 Å². The maximum absolute atomic E-state index is 11.7. The molecule has 0 aromatic heterocycles. The van der Waals surface area contributed by atoms with Gasteiger partial charge in [-0.1, -0.05) is 13.8 Å². The third kappa shape index (κ3) is 1.98. The average molecular weight is 323 g/mol. The molecule has 4 N–H and O–H groups in total. The normalized spacial score (nSPS) is 59.1. The number of hydrogen-bond donors (Lipinski definition) is 4. The van der Waals surface area contributed by atoms with E-state index >= 15 is 0 Å². The zero-order chi connectivity index (χ0) is 16.5. The smallest absolute Gasteiger partial charge is 0.0748 e. The summed E-state index contributed by atoms with van der Waals surface area (Å²) in [5.74, 6) is 1.55. The first-order valence-electron chi connectivity index (χ1n) is 9.65. The molecule has 0 heterocycles. The van der Waals surface area contributed by atoms with Crippen LogP contribution in [0.1, 0.15) is 71.6 Å². The Labute approximate surface area is 139 Å². The number of aliphatic hydroxyl groups is 2. The van der Waals surface area contributed by atoms with Crippen LogP contribution in [0, 0.1) is 28.6 Å². The van der Waals surface area contributed by atoms with E-state index in [1.807, 2.05) is 0 Å². The Morgan fingerprint density at radius 1 is 0.913 bits per heavy atom. The Morgan fingerprint density at radius 2 is 1.70 bits per heavy atom. The lowest BCUT2D eigenvalue weighted by Crippen LogP contribution is -2.64. The van der Waals surface area contributed by atoms with Crippen molar-refractivity contribution >= 4 is 0 Å². The average Bonchev–Trinajstić information content (AvgIpc) is 2.79. The van der Waals surface area contributed by atoms with Gasteiger partial charge in [0.25, 0.3) is 0 Å². The summed E-state index contributed by atoms with van der Waals surface area (Å²) in [6.45, 7) is 4.62. The molecule has 132 valence electrons. The second kappa shape index (κ2) is 5.17. The lowest BCUT2D eigenvalue weighted by atomic mass is 9.43. The number of hydroxylamine groups is 1. The fourth-order valence-electron chi connectivity index (χ4n) is 7.41. The predicted molar refractivity (Wildman–Crippen MR) is 87.9 cm³/mol. The van der Waals surface area contributed by atoms with Crippen LogP contribution in [0.4, 0.5) is 0 Å². The Kier molecular flexibility index (Phi) is 3.67. The maximum Gasteiger partial charge on any atom is 0.0748 e. The van der Waals surface area contributed by atoms with E-state index in [4.69, 9.17) is 0 Å². The van der Waals surface area contributed by atoms with Gasteiger partial charge in [-0.3, -0.25) is 0 Å². The van der Waals surface area contributed by atoms with Gasteiger partial charge in [0.2, 0.25) is 0 Å². The number of fused-ring (bicyclic) bond motifs is 5. The van der Waals surface area contributed by atoms with Crippen LogP contribution >= 0.6 is 0 Å². The molecule has 0 radical (unpaired) electrons. The topological polar surface area (TPSA) is 72.7 Å². The van der Waals surface area contributed by atoms with Crippen molar-refractivity contribution in [3.63, 3.8) is 0 Å². The standard InChI is InChI=1S/C19H33NO3/c1-17-8-5-13(21)11-12(17)3-4-15-14(17)6-9-18(2)16(20-23)7-10-19(15,18)22/h12-16,20-23H,3-11H2,1-2H3/t12?,13?,14-,15-,16?,17+,18-,19-/m1/s1. The Bertz CT molecular complexity index is 485. The molecule has 4 aliphatic rings. The van der Waals surface area contributed by atoms with Gasteiger partial charge in [-0.2, -0.15) is 0 Å². The second-order valence-electron chi connectivity index (χ2n) is 9.52. The molecule has 4 nitrogen and oxygen atoms in total. The highest BCUT2D eigenvalue weighted by molar-refractivity contribution is 5.18. The molecular formula is C19H33NO3. The van der Waals surface area contributed by atoms with E-state index in [2.05, 4.69) is 19.3 Å². The van der Waals surface area contributed by atoms with Crippen molar-refractivity contribution in [2.24, 2.45) is 28.6 Å². The van der Waals surface area contributed by atoms with Crippen molar-refractivity contribution in [2.45, 2.75) is 89.4 Å². The SMILES string of the molecule is C[C@]12CCC(O)CC1CC[C@@H]1[C@H]2CC[C@]2(C)C(NO)CC[C@@]12O. The molecule has 0 aromatic carbocycles. The number of aliphatic hydroxyl groups excluding tert-OH is 1. The molecule has 0 amide bonds. The van der Waals surface area contributed by atoms with Crippen LogP contribution in [0.25, 0.3) is 0 Å². The fraction of sp³-hybridized carbons (Fsp3) is 1.00. The van der Waals surface area contributed by atoms with Gasteiger partial charge in [-0.15, -0.1) is 0 Å². The van der Waals surface area contributed by atoms with E-state index in [0.29, 0.717) is 17.8 Å². The minimum atomic E-state index is -0.639. The Hall–Kier alpha value is -0.160. The number of rotatable bonds is 1. The Balaban J connectivity index is 1.67. The van der Waals surface area contributed by atoms with Crippen LogP contribution in [0.2, 0.25) is 0 Å². The first-order chi connectivity index (χ1) is 10.8. The molecule has 0 saturated heterocycles. The van der Waals surface area contributed by atoms with Crippen LogP contribution in [0.15, 0.2) is 0 Å². The predicted octanol–water partition coefficient (Wildman–Crippen LogP) is 2.85. The molecule has 23 heavy (non-hydrogen) atoms. The monoisotopic (exact) mass is 323 g/mol. The van der Waals surface area contributed by atoms with Crippen molar-refractivity contribution in [2.75, 3.05) is 0 Å². The molecular weight excluding hydrogens is 290 g/mol. The molecule has 4 rings (SSSR count). The summed E-state index contributed by atoms with van der Waals surface area (Å²) in [6.07, 6.45) is 8.93. The first kappa shape index (κ1) is 16.3. The van der Waals surface area contributed by atoms with E-state index in [-0.39, 0.29) is 23.0 Å². The van der Waals surface area contributed by atoms with Crippen LogP contribution in [0.3, 0.4) is 0 Å². The van der Waals surface area contributed by atoms with Crippen LogP contribution in [0.5, 0.6) is 0 Å². The minimum absolute atomic E-state index is 0.0205. The molecule has 3 unspecified atom stereocenters. The summed E-state index contributed by atoms with van der Waals surface area (Å²) < 4.78 is 0. The number of nitrogens with one attached hydrogen (secondary N) is 1. The molecule has 8 atom stereocenters. The van der Waals surface area contributed by atoms with Gasteiger partial charge in [0.05, 0.1) is 11.7 Å². The van der Waals surface area contributed by atoms with Gasteiger partial charge in [0.15, 0.2) is 0 Å². The van der Waals surface area contributed by atoms with Gasteiger partial charge in [0, 0.05) is 11.5 Å². The van der Waals surface area contributed by atoms with E-state index in [9.17, 15) is 15.4 Å². The van der Waals surface area contributed by atoms with Gasteiger partial charge in [-0.05, 0) is 81.0 Å². The summed E-state index contributed by atoms with van der Waals surface area (Å²) >= 11 is 0. The highest BCUT2D eigenvalue weighted by Gasteiger charge is 2.67. The third-order valence-corrected chi connectivity index (χ3v) is 8.98. The van der Waals surface area contributed by atoms with Gasteiger partial charge in [-0.25, -0.2) is 5.48 Å². The third-order valence-electron chi connectivity index (χ3n) is 8.98. The highest BCUT2D eigenvalue weighted by Crippen LogP contribution is 2.67. The largest absolute Gasteiger partial charge is 0.393 e. The van der Waals surface area contributed by atoms with Crippen LogP contribution in [-0.2, 0) is 0 Å². The molecule has 0 aliphatic heterocycles. The summed E-state index contributed by atoms with van der Waals surface area (Å²) in [7, 11) is 0. The molecule has 4 aliphatic carbocycles. The summed E-state index contributed by atoms with van der Waals surface area (Å²) in [5.41, 5.74) is 1.94. The lowest BCUT2D eigenvalue weighted by molar-refractivity contribution is -0.209. The molecule has 0 bridgehead atoms. The van der Waals surface area contributed by atoms with Gasteiger partial charge < -0.3 is 15.4 Å². The van der Waals surface area contributed by atoms with Crippen molar-refractivity contribution < 1.29 is 15.4 Å². The summed E-state index contributed by atoms with van der Waals surface area (Å²) in [6, 6.07) is 0.0205.